The molecule has 4 aromatic heterocycles. The molecule has 0 spiro atoms. The van der Waals surface area contributed by atoms with Gasteiger partial charge in [0, 0.05) is 29.7 Å². The number of nitrogens with one attached hydrogen (secondary N) is 2. The van der Waals surface area contributed by atoms with Gasteiger partial charge in [0.15, 0.2) is 5.52 Å². The molecule has 0 fully saturated rings. The molecule has 218 valence electrons. The normalized spacial score (nSPS) is 11.5. The fraction of sp³-hybridized carbons (Fsp3) is 0.148. The van der Waals surface area contributed by atoms with E-state index in [0.29, 0.717) is 39.6 Å². The SMILES string of the molecule is Cc1nn(-c2cccc(-c3nnc(N)o3)c2)c2c(=O)n(C(=O)Nc3ccc(-n4ccnc4CN(C)C)cc3F)c(=O)[nH]c12. The molecule has 15 nitrogen and oxygen atoms in total. The van der Waals surface area contributed by atoms with Gasteiger partial charge in [0.1, 0.15) is 11.6 Å². The summed E-state index contributed by atoms with van der Waals surface area (Å²) in [6, 6.07) is 9.51. The van der Waals surface area contributed by atoms with E-state index in [2.05, 4.69) is 30.6 Å². The molecule has 4 heterocycles. The number of anilines is 2. The fourth-order valence-electron chi connectivity index (χ4n) is 4.62. The monoisotopic (exact) mass is 585 g/mol. The van der Waals surface area contributed by atoms with Gasteiger partial charge in [-0.3, -0.25) is 4.79 Å². The molecule has 0 saturated carbocycles. The van der Waals surface area contributed by atoms with E-state index in [1.165, 1.54) is 16.8 Å². The number of nitrogens with zero attached hydrogens (tertiary/aromatic N) is 8. The van der Waals surface area contributed by atoms with Crippen molar-refractivity contribution in [3.63, 3.8) is 0 Å². The molecule has 2 aromatic carbocycles. The number of halogens is 1. The summed E-state index contributed by atoms with van der Waals surface area (Å²) in [5.74, 6) is 0.0549. The second-order valence-electron chi connectivity index (χ2n) is 9.83. The van der Waals surface area contributed by atoms with Crippen LogP contribution in [-0.2, 0) is 6.54 Å². The van der Waals surface area contributed by atoms with Crippen LogP contribution in [0.2, 0.25) is 0 Å². The fourth-order valence-corrected chi connectivity index (χ4v) is 4.62. The number of aromatic nitrogens is 8. The molecule has 0 radical (unpaired) electrons. The van der Waals surface area contributed by atoms with Crippen LogP contribution in [-0.4, -0.2) is 64.1 Å². The number of rotatable bonds is 6. The van der Waals surface area contributed by atoms with Crippen LogP contribution in [0.5, 0.6) is 0 Å². The second kappa shape index (κ2) is 10.5. The minimum Gasteiger partial charge on any atom is -0.404 e. The van der Waals surface area contributed by atoms with E-state index in [0.717, 1.165) is 0 Å². The molecule has 0 aliphatic rings. The lowest BCUT2D eigenvalue weighted by molar-refractivity contribution is 0.252. The quantitative estimate of drug-likeness (QED) is 0.262. The van der Waals surface area contributed by atoms with Crippen molar-refractivity contribution in [1.29, 1.82) is 0 Å². The molecule has 4 N–H and O–H groups in total. The highest BCUT2D eigenvalue weighted by molar-refractivity contribution is 5.92. The van der Waals surface area contributed by atoms with Gasteiger partial charge < -0.3 is 29.9 Å². The van der Waals surface area contributed by atoms with Gasteiger partial charge in [-0.15, -0.1) is 5.10 Å². The molecule has 0 aliphatic carbocycles. The van der Waals surface area contributed by atoms with Crippen molar-refractivity contribution in [1.82, 2.24) is 44.0 Å². The van der Waals surface area contributed by atoms with E-state index in [1.54, 1.807) is 54.2 Å². The van der Waals surface area contributed by atoms with Crippen LogP contribution in [0.15, 0.2) is 68.9 Å². The maximum absolute atomic E-state index is 15.2. The highest BCUT2D eigenvalue weighted by Crippen LogP contribution is 2.24. The average Bonchev–Trinajstić information content (AvgIpc) is 3.69. The summed E-state index contributed by atoms with van der Waals surface area (Å²) in [4.78, 5) is 48.5. The van der Waals surface area contributed by atoms with Crippen LogP contribution in [0.25, 0.3) is 33.9 Å². The molecule has 16 heteroatoms. The van der Waals surface area contributed by atoms with E-state index in [-0.39, 0.29) is 28.6 Å². The van der Waals surface area contributed by atoms with Gasteiger partial charge in [-0.05, 0) is 51.4 Å². The van der Waals surface area contributed by atoms with Crippen LogP contribution in [0.3, 0.4) is 0 Å². The Bertz CT molecular complexity index is 2140. The van der Waals surface area contributed by atoms with E-state index in [4.69, 9.17) is 10.2 Å². The molecular weight excluding hydrogens is 561 g/mol. The maximum Gasteiger partial charge on any atom is 0.337 e. The van der Waals surface area contributed by atoms with Crippen molar-refractivity contribution >= 4 is 28.8 Å². The molecule has 43 heavy (non-hydrogen) atoms. The summed E-state index contributed by atoms with van der Waals surface area (Å²) in [6.07, 6.45) is 3.30. The summed E-state index contributed by atoms with van der Waals surface area (Å²) < 4.78 is 23.8. The Morgan fingerprint density at radius 1 is 1.14 bits per heavy atom. The molecule has 6 aromatic rings. The van der Waals surface area contributed by atoms with Crippen LogP contribution in [0, 0.1) is 12.7 Å². The van der Waals surface area contributed by atoms with Gasteiger partial charge in [-0.1, -0.05) is 11.2 Å². The molecule has 6 rings (SSSR count). The molecule has 1 amide bonds. The number of hydrogen-bond acceptors (Lipinski definition) is 10. The van der Waals surface area contributed by atoms with Gasteiger partial charge in [0.2, 0.25) is 5.89 Å². The topological polar surface area (TPSA) is 188 Å². The van der Waals surface area contributed by atoms with E-state index < -0.39 is 23.1 Å². The van der Waals surface area contributed by atoms with Crippen molar-refractivity contribution < 1.29 is 13.6 Å². The summed E-state index contributed by atoms with van der Waals surface area (Å²) in [5, 5.41) is 14.2. The Balaban J connectivity index is 1.36. The zero-order valence-electron chi connectivity index (χ0n) is 23.1. The first-order valence-corrected chi connectivity index (χ1v) is 12.8. The van der Waals surface area contributed by atoms with Crippen LogP contribution < -0.4 is 22.3 Å². The Hall–Kier alpha value is -5.90. The summed E-state index contributed by atoms with van der Waals surface area (Å²) in [5.41, 5.74) is 5.08. The first-order valence-electron chi connectivity index (χ1n) is 12.8. The van der Waals surface area contributed by atoms with Crippen molar-refractivity contribution in [2.75, 3.05) is 25.1 Å². The Labute approximate surface area is 241 Å². The number of nitrogens with two attached hydrogens (primary N) is 1. The van der Waals surface area contributed by atoms with Crippen LogP contribution in [0.4, 0.5) is 20.9 Å². The van der Waals surface area contributed by atoms with Crippen LogP contribution in [0.1, 0.15) is 11.5 Å². The van der Waals surface area contributed by atoms with Crippen molar-refractivity contribution in [2.24, 2.45) is 0 Å². The minimum absolute atomic E-state index is 0.0845. The number of carbonyl (C=O) groups is 1. The predicted octanol–water partition coefficient (Wildman–Crippen LogP) is 2.28. The Morgan fingerprint density at radius 2 is 1.95 bits per heavy atom. The number of aryl methyl sites for hydroxylation is 1. The van der Waals surface area contributed by atoms with Gasteiger partial charge in [-0.25, -0.2) is 23.6 Å². The summed E-state index contributed by atoms with van der Waals surface area (Å²) in [7, 11) is 3.77. The first kappa shape index (κ1) is 27.3. The number of benzene rings is 2. The predicted molar refractivity (Wildman–Crippen MR) is 154 cm³/mol. The highest BCUT2D eigenvalue weighted by Gasteiger charge is 2.22. The molecule has 0 unspecified atom stereocenters. The maximum atomic E-state index is 15.2. The Kier molecular flexibility index (Phi) is 6.66. The third-order valence-corrected chi connectivity index (χ3v) is 6.53. The third-order valence-electron chi connectivity index (χ3n) is 6.53. The molecular formula is C27H24FN11O4. The smallest absolute Gasteiger partial charge is 0.337 e. The standard InChI is InChI=1S/C27H24FN11O4/c1-14-21-22(39(35-14)17-6-4-5-15(11-17)23-33-34-25(29)43-23)24(40)38(27(42)32-21)26(41)31-19-8-7-16(12-18(19)28)37-10-9-30-20(37)13-36(2)3/h4-12H,13H2,1-3H3,(H2,29,34)(H,31,41)(H,32,42). The van der Waals surface area contributed by atoms with Crippen molar-refractivity contribution in [3.8, 4) is 22.8 Å². The lowest BCUT2D eigenvalue weighted by Crippen LogP contribution is -2.42. The van der Waals surface area contributed by atoms with Gasteiger partial charge >= 0.3 is 17.7 Å². The van der Waals surface area contributed by atoms with Gasteiger partial charge in [0.05, 0.1) is 29.1 Å². The zero-order chi connectivity index (χ0) is 30.4. The number of aromatic amines is 1. The lowest BCUT2D eigenvalue weighted by atomic mass is 10.2. The van der Waals surface area contributed by atoms with Gasteiger partial charge in [0.25, 0.3) is 5.56 Å². The minimum atomic E-state index is -1.16. The molecule has 0 aliphatic heterocycles. The number of fused-ring (bicyclic) bond motifs is 1. The number of amides is 1. The van der Waals surface area contributed by atoms with Crippen molar-refractivity contribution in [2.45, 2.75) is 13.5 Å². The molecule has 0 atom stereocenters. The van der Waals surface area contributed by atoms with Crippen molar-refractivity contribution in [3.05, 3.63) is 93.0 Å². The number of hydrogen-bond donors (Lipinski definition) is 3. The lowest BCUT2D eigenvalue weighted by Gasteiger charge is -2.13. The largest absolute Gasteiger partial charge is 0.404 e. The average molecular weight is 586 g/mol. The number of H-pyrrole nitrogens is 1. The van der Waals surface area contributed by atoms with E-state index >= 15 is 4.39 Å². The first-order chi connectivity index (χ1) is 20.6. The van der Waals surface area contributed by atoms with E-state index in [9.17, 15) is 14.4 Å². The molecule has 0 saturated heterocycles. The summed E-state index contributed by atoms with van der Waals surface area (Å²) in [6.45, 7) is 2.12. The zero-order valence-corrected chi connectivity index (χ0v) is 23.1. The van der Waals surface area contributed by atoms with Crippen LogP contribution >= 0.6 is 0 Å². The molecule has 0 bridgehead atoms. The second-order valence-corrected chi connectivity index (χ2v) is 9.83. The number of imidazole rings is 1. The van der Waals surface area contributed by atoms with Gasteiger partial charge in [-0.2, -0.15) is 9.67 Å². The third kappa shape index (κ3) is 4.95. The number of carbonyl (C=O) groups excluding carboxylic acids is 1. The number of nitrogen functional groups attached to an aromatic ring is 1. The Morgan fingerprint density at radius 3 is 2.67 bits per heavy atom. The van der Waals surface area contributed by atoms with E-state index in [1.807, 2.05) is 19.0 Å². The highest BCUT2D eigenvalue weighted by atomic mass is 19.1. The summed E-state index contributed by atoms with van der Waals surface area (Å²) >= 11 is 0.